The van der Waals surface area contributed by atoms with Gasteiger partial charge in [0.15, 0.2) is 0 Å². The first-order valence-electron chi connectivity index (χ1n) is 6.04. The lowest BCUT2D eigenvalue weighted by molar-refractivity contribution is 1.17. The van der Waals surface area contributed by atoms with Crippen molar-refractivity contribution in [1.29, 1.82) is 0 Å². The quantitative estimate of drug-likeness (QED) is 0.641. The Morgan fingerprint density at radius 3 is 2.23 bits per heavy atom. The molecule has 0 fully saturated rings. The van der Waals surface area contributed by atoms with Gasteiger partial charge in [0.05, 0.1) is 15.9 Å². The van der Waals surface area contributed by atoms with Crippen LogP contribution in [0, 0.1) is 0 Å². The number of benzene rings is 2. The van der Waals surface area contributed by atoms with Crippen LogP contribution in [-0.4, -0.2) is 9.97 Å². The Morgan fingerprint density at radius 2 is 1.55 bits per heavy atom. The normalized spacial score (nSPS) is 10.9. The summed E-state index contributed by atoms with van der Waals surface area (Å²) >= 11 is 23.8. The van der Waals surface area contributed by atoms with Crippen LogP contribution in [0.1, 0.15) is 0 Å². The fourth-order valence-electron chi connectivity index (χ4n) is 1.99. The van der Waals surface area contributed by atoms with E-state index in [0.29, 0.717) is 36.7 Å². The summed E-state index contributed by atoms with van der Waals surface area (Å²) in [4.78, 5) is 19.0. The monoisotopic (exact) mass is 373 g/mol. The number of fused-ring (bicyclic) bond motifs is 1. The highest BCUT2D eigenvalue weighted by Crippen LogP contribution is 2.27. The Labute approximate surface area is 145 Å². The van der Waals surface area contributed by atoms with Crippen LogP contribution < -0.4 is 10.9 Å². The van der Waals surface area contributed by atoms with Crippen molar-refractivity contribution in [1.82, 2.24) is 9.97 Å². The third-order valence-electron chi connectivity index (χ3n) is 2.85. The molecule has 3 aromatic rings. The predicted molar refractivity (Wildman–Crippen MR) is 92.1 cm³/mol. The average molecular weight is 375 g/mol. The maximum Gasteiger partial charge on any atom is 0.260 e. The zero-order valence-electron chi connectivity index (χ0n) is 10.8. The average Bonchev–Trinajstić information content (AvgIpc) is 2.39. The molecule has 0 atom stereocenters. The molecule has 0 saturated heterocycles. The summed E-state index contributed by atoms with van der Waals surface area (Å²) in [7, 11) is 0. The Kier molecular flexibility index (Phi) is 4.19. The number of hydrogen-bond donors (Lipinski definition) is 2. The molecule has 0 aliphatic heterocycles. The molecule has 0 spiro atoms. The van der Waals surface area contributed by atoms with Crippen molar-refractivity contribution in [3.63, 3.8) is 0 Å². The van der Waals surface area contributed by atoms with Gasteiger partial charge in [0.25, 0.3) is 5.56 Å². The van der Waals surface area contributed by atoms with E-state index in [1.807, 2.05) is 0 Å². The second-order valence-electron chi connectivity index (χ2n) is 4.48. The van der Waals surface area contributed by atoms with Gasteiger partial charge in [-0.1, -0.05) is 46.4 Å². The lowest BCUT2D eigenvalue weighted by Gasteiger charge is -2.08. The summed E-state index contributed by atoms with van der Waals surface area (Å²) in [6.07, 6.45) is 0. The molecule has 22 heavy (non-hydrogen) atoms. The molecule has 0 radical (unpaired) electrons. The van der Waals surface area contributed by atoms with Gasteiger partial charge in [0.2, 0.25) is 5.95 Å². The third-order valence-corrected chi connectivity index (χ3v) is 3.80. The maximum atomic E-state index is 12.1. The molecule has 4 nitrogen and oxygen atoms in total. The fraction of sp³-hybridized carbons (Fsp3) is 0. The van der Waals surface area contributed by atoms with Crippen LogP contribution >= 0.6 is 46.4 Å². The second kappa shape index (κ2) is 5.97. The van der Waals surface area contributed by atoms with E-state index in [-0.39, 0.29) is 11.5 Å². The summed E-state index contributed by atoms with van der Waals surface area (Å²) in [5.74, 6) is 0.222. The summed E-state index contributed by atoms with van der Waals surface area (Å²) in [5, 5.41) is 4.83. The van der Waals surface area contributed by atoms with Crippen LogP contribution in [0.4, 0.5) is 11.6 Å². The van der Waals surface area contributed by atoms with E-state index in [9.17, 15) is 4.79 Å². The van der Waals surface area contributed by atoms with E-state index < -0.39 is 0 Å². The first-order chi connectivity index (χ1) is 10.4. The first-order valence-corrected chi connectivity index (χ1v) is 7.56. The van der Waals surface area contributed by atoms with Gasteiger partial charge >= 0.3 is 0 Å². The molecule has 112 valence electrons. The summed E-state index contributed by atoms with van der Waals surface area (Å²) in [5.41, 5.74) is 0.584. The van der Waals surface area contributed by atoms with Crippen molar-refractivity contribution in [3.05, 3.63) is 60.8 Å². The van der Waals surface area contributed by atoms with Crippen molar-refractivity contribution in [2.75, 3.05) is 5.32 Å². The highest BCUT2D eigenvalue weighted by Gasteiger charge is 2.09. The van der Waals surface area contributed by atoms with E-state index >= 15 is 0 Å². The van der Waals surface area contributed by atoms with Crippen molar-refractivity contribution in [2.24, 2.45) is 0 Å². The molecule has 8 heteroatoms. The van der Waals surface area contributed by atoms with Crippen LogP contribution in [-0.2, 0) is 0 Å². The number of nitrogens with one attached hydrogen (secondary N) is 2. The highest BCUT2D eigenvalue weighted by molar-refractivity contribution is 6.38. The van der Waals surface area contributed by atoms with E-state index in [0.717, 1.165) is 0 Å². The Bertz CT molecular complexity index is 919. The summed E-state index contributed by atoms with van der Waals surface area (Å²) in [6.45, 7) is 0. The molecule has 3 rings (SSSR count). The Balaban J connectivity index is 2.10. The number of halogens is 4. The molecule has 1 heterocycles. The number of rotatable bonds is 2. The van der Waals surface area contributed by atoms with Gasteiger partial charge in [0.1, 0.15) is 0 Å². The number of hydrogen-bond acceptors (Lipinski definition) is 3. The van der Waals surface area contributed by atoms with Gasteiger partial charge in [0, 0.05) is 20.8 Å². The minimum absolute atomic E-state index is 0.222. The smallest absolute Gasteiger partial charge is 0.260 e. The molecule has 2 N–H and O–H groups in total. The Morgan fingerprint density at radius 1 is 0.909 bits per heavy atom. The van der Waals surface area contributed by atoms with E-state index in [1.54, 1.807) is 18.2 Å². The van der Waals surface area contributed by atoms with Gasteiger partial charge in [-0.15, -0.1) is 0 Å². The SMILES string of the molecule is O=c1[nH]c(Nc2cc(Cl)cc(Cl)c2)nc2c(Cl)cc(Cl)cc12. The molecule has 2 aromatic carbocycles. The van der Waals surface area contributed by atoms with Crippen molar-refractivity contribution >= 4 is 68.9 Å². The van der Waals surface area contributed by atoms with Crippen molar-refractivity contribution < 1.29 is 0 Å². The molecular formula is C14H7Cl4N3O. The summed E-state index contributed by atoms with van der Waals surface area (Å²) in [6, 6.07) is 7.94. The Hall–Kier alpha value is -1.46. The standard InChI is InChI=1S/C14H7Cl4N3O/c15-6-1-7(16)3-9(2-6)19-14-20-12-10(13(22)21-14)4-8(17)5-11(12)18/h1-5H,(H2,19,20,21,22). The zero-order valence-corrected chi connectivity index (χ0v) is 13.8. The van der Waals surface area contributed by atoms with E-state index in [1.165, 1.54) is 12.1 Å². The summed E-state index contributed by atoms with van der Waals surface area (Å²) < 4.78 is 0. The van der Waals surface area contributed by atoms with Gasteiger partial charge in [-0.3, -0.25) is 9.78 Å². The third kappa shape index (κ3) is 3.15. The van der Waals surface area contributed by atoms with Gasteiger partial charge in [-0.05, 0) is 30.3 Å². The molecule has 0 saturated carbocycles. The molecule has 0 amide bonds. The van der Waals surface area contributed by atoms with Crippen LogP contribution in [0.2, 0.25) is 20.1 Å². The van der Waals surface area contributed by atoms with Crippen LogP contribution in [0.3, 0.4) is 0 Å². The molecule has 0 bridgehead atoms. The second-order valence-corrected chi connectivity index (χ2v) is 6.20. The molecule has 0 unspecified atom stereocenters. The van der Waals surface area contributed by atoms with Crippen LogP contribution in [0.25, 0.3) is 10.9 Å². The number of aromatic amines is 1. The fourth-order valence-corrected chi connectivity index (χ4v) is 3.05. The van der Waals surface area contributed by atoms with Crippen molar-refractivity contribution in [2.45, 2.75) is 0 Å². The minimum Gasteiger partial charge on any atom is -0.326 e. The first kappa shape index (κ1) is 15.4. The van der Waals surface area contributed by atoms with Gasteiger partial charge in [-0.2, -0.15) is 0 Å². The minimum atomic E-state index is -0.356. The number of H-pyrrole nitrogens is 1. The largest absolute Gasteiger partial charge is 0.326 e. The maximum absolute atomic E-state index is 12.1. The molecule has 0 aliphatic carbocycles. The highest BCUT2D eigenvalue weighted by atomic mass is 35.5. The van der Waals surface area contributed by atoms with Crippen molar-refractivity contribution in [3.8, 4) is 0 Å². The molecule has 0 aliphatic rings. The number of aromatic nitrogens is 2. The molecular weight excluding hydrogens is 368 g/mol. The molecule has 1 aromatic heterocycles. The number of nitrogens with zero attached hydrogens (tertiary/aromatic N) is 1. The van der Waals surface area contributed by atoms with E-state index in [2.05, 4.69) is 15.3 Å². The van der Waals surface area contributed by atoms with E-state index in [4.69, 9.17) is 46.4 Å². The lowest BCUT2D eigenvalue weighted by atomic mass is 10.2. The van der Waals surface area contributed by atoms with Crippen LogP contribution in [0.5, 0.6) is 0 Å². The van der Waals surface area contributed by atoms with Crippen LogP contribution in [0.15, 0.2) is 35.1 Å². The van der Waals surface area contributed by atoms with Gasteiger partial charge < -0.3 is 5.32 Å². The topological polar surface area (TPSA) is 57.8 Å². The predicted octanol–water partition coefficient (Wildman–Crippen LogP) is 5.28. The number of anilines is 2. The lowest BCUT2D eigenvalue weighted by Crippen LogP contribution is -2.11. The zero-order chi connectivity index (χ0) is 15.9. The van der Waals surface area contributed by atoms with Gasteiger partial charge in [-0.25, -0.2) is 4.98 Å².